The third-order valence-corrected chi connectivity index (χ3v) is 3.36. The molecule has 0 unspecified atom stereocenters. The van der Waals surface area contributed by atoms with Crippen LogP contribution in [0.5, 0.6) is 0 Å². The van der Waals surface area contributed by atoms with Crippen molar-refractivity contribution in [1.29, 1.82) is 0 Å². The van der Waals surface area contributed by atoms with Crippen molar-refractivity contribution in [1.82, 2.24) is 10.6 Å². The van der Waals surface area contributed by atoms with Gasteiger partial charge in [0.25, 0.3) is 5.91 Å². The highest BCUT2D eigenvalue weighted by molar-refractivity contribution is 5.97. The summed E-state index contributed by atoms with van der Waals surface area (Å²) < 4.78 is 10.5. The van der Waals surface area contributed by atoms with Gasteiger partial charge >= 0.3 is 0 Å². The van der Waals surface area contributed by atoms with Crippen LogP contribution < -0.4 is 10.6 Å². The molecule has 0 bridgehead atoms. The molecule has 2 amide bonds. The number of nitrogens with one attached hydrogen (secondary N) is 2. The van der Waals surface area contributed by atoms with Gasteiger partial charge in [-0.3, -0.25) is 9.59 Å². The van der Waals surface area contributed by atoms with Gasteiger partial charge in [0.05, 0.1) is 24.3 Å². The van der Waals surface area contributed by atoms with Crippen molar-refractivity contribution in [2.24, 2.45) is 0 Å². The van der Waals surface area contributed by atoms with Crippen LogP contribution in [0.15, 0.2) is 10.5 Å². The van der Waals surface area contributed by atoms with Crippen LogP contribution >= 0.6 is 0 Å². The molecular weight excluding hydrogens is 260 g/mol. The zero-order valence-corrected chi connectivity index (χ0v) is 12.0. The zero-order valence-electron chi connectivity index (χ0n) is 12.0. The number of amides is 2. The molecule has 1 atom stereocenters. The summed E-state index contributed by atoms with van der Waals surface area (Å²) in [4.78, 5) is 23.7. The molecular formula is C14H20N2O4. The van der Waals surface area contributed by atoms with E-state index >= 15 is 0 Å². The summed E-state index contributed by atoms with van der Waals surface area (Å²) in [6, 6.07) is 1.66. The normalized spacial score (nSPS) is 21.8. The van der Waals surface area contributed by atoms with Crippen molar-refractivity contribution in [3.63, 3.8) is 0 Å². The van der Waals surface area contributed by atoms with Crippen LogP contribution in [-0.2, 0) is 9.53 Å². The highest BCUT2D eigenvalue weighted by Crippen LogP contribution is 2.17. The standard InChI is InChI=1S/C14H20N2O4/c1-9-6-11(10(2)20-9)13(18)15-7-12(17)16-14(3)4-5-19-8-14/h6H,4-5,7-8H2,1-3H3,(H,15,18)(H,16,17)/t14-/m0/s1. The lowest BCUT2D eigenvalue weighted by Crippen LogP contribution is -2.50. The van der Waals surface area contributed by atoms with E-state index in [0.29, 0.717) is 30.3 Å². The maximum atomic E-state index is 11.9. The van der Waals surface area contributed by atoms with E-state index in [9.17, 15) is 9.59 Å². The van der Waals surface area contributed by atoms with Crippen molar-refractivity contribution >= 4 is 11.8 Å². The summed E-state index contributed by atoms with van der Waals surface area (Å²) in [7, 11) is 0. The van der Waals surface area contributed by atoms with Crippen LogP contribution in [0.25, 0.3) is 0 Å². The lowest BCUT2D eigenvalue weighted by atomic mass is 10.0. The monoisotopic (exact) mass is 280 g/mol. The first kappa shape index (κ1) is 14.6. The fraction of sp³-hybridized carbons (Fsp3) is 0.571. The minimum absolute atomic E-state index is 0.0574. The highest BCUT2D eigenvalue weighted by atomic mass is 16.5. The average molecular weight is 280 g/mol. The molecule has 6 nitrogen and oxygen atoms in total. The molecule has 0 aliphatic carbocycles. The molecule has 0 aromatic carbocycles. The SMILES string of the molecule is Cc1cc(C(=O)NCC(=O)N[C@@]2(C)CCOC2)c(C)o1. The van der Waals surface area contributed by atoms with Crippen LogP contribution in [0.2, 0.25) is 0 Å². The zero-order chi connectivity index (χ0) is 14.8. The summed E-state index contributed by atoms with van der Waals surface area (Å²) in [6.45, 7) is 6.53. The molecule has 0 spiro atoms. The summed E-state index contributed by atoms with van der Waals surface area (Å²) in [6.07, 6.45) is 0.784. The Morgan fingerprint density at radius 3 is 2.70 bits per heavy atom. The predicted molar refractivity (Wildman–Crippen MR) is 72.5 cm³/mol. The molecule has 0 radical (unpaired) electrons. The first-order valence-electron chi connectivity index (χ1n) is 6.64. The summed E-state index contributed by atoms with van der Waals surface area (Å²) in [5.74, 6) is 0.704. The van der Waals surface area contributed by atoms with Gasteiger partial charge in [-0.15, -0.1) is 0 Å². The number of hydrogen-bond donors (Lipinski definition) is 2. The Kier molecular flexibility index (Phi) is 4.13. The molecule has 1 aromatic heterocycles. The van der Waals surface area contributed by atoms with Gasteiger partial charge in [-0.2, -0.15) is 0 Å². The number of aryl methyl sites for hydroxylation is 2. The molecule has 110 valence electrons. The van der Waals surface area contributed by atoms with Crippen molar-refractivity contribution in [3.05, 3.63) is 23.2 Å². The Balaban J connectivity index is 1.84. The first-order chi connectivity index (χ1) is 9.39. The van der Waals surface area contributed by atoms with Crippen LogP contribution in [0.3, 0.4) is 0 Å². The summed E-state index contributed by atoms with van der Waals surface area (Å²) in [5.41, 5.74) is 0.134. The number of carbonyl (C=O) groups excluding carboxylic acids is 2. The van der Waals surface area contributed by atoms with Crippen LogP contribution in [0, 0.1) is 13.8 Å². The molecule has 2 rings (SSSR count). The lowest BCUT2D eigenvalue weighted by Gasteiger charge is -2.23. The summed E-state index contributed by atoms with van der Waals surface area (Å²) >= 11 is 0. The number of furan rings is 1. The number of carbonyl (C=O) groups is 2. The number of rotatable bonds is 4. The molecule has 1 aromatic rings. The van der Waals surface area contributed by atoms with E-state index < -0.39 is 0 Å². The van der Waals surface area contributed by atoms with Gasteiger partial charge in [0.15, 0.2) is 0 Å². The molecule has 1 fully saturated rings. The second-order valence-electron chi connectivity index (χ2n) is 5.42. The van der Waals surface area contributed by atoms with E-state index in [1.165, 1.54) is 0 Å². The fourth-order valence-corrected chi connectivity index (χ4v) is 2.26. The number of hydrogen-bond acceptors (Lipinski definition) is 4. The van der Waals surface area contributed by atoms with Gasteiger partial charge in [0.2, 0.25) is 5.91 Å². The molecule has 6 heteroatoms. The fourth-order valence-electron chi connectivity index (χ4n) is 2.26. The molecule has 0 saturated carbocycles. The van der Waals surface area contributed by atoms with Gasteiger partial charge in [-0.05, 0) is 33.3 Å². The van der Waals surface area contributed by atoms with E-state index in [1.54, 1.807) is 19.9 Å². The molecule has 2 N–H and O–H groups in total. The van der Waals surface area contributed by atoms with Crippen molar-refractivity contribution in [3.8, 4) is 0 Å². The third-order valence-electron chi connectivity index (χ3n) is 3.36. The lowest BCUT2D eigenvalue weighted by molar-refractivity contribution is -0.121. The van der Waals surface area contributed by atoms with Crippen molar-refractivity contribution < 1.29 is 18.7 Å². The van der Waals surface area contributed by atoms with Gasteiger partial charge in [-0.25, -0.2) is 0 Å². The Morgan fingerprint density at radius 1 is 1.40 bits per heavy atom. The van der Waals surface area contributed by atoms with Crippen LogP contribution in [0.4, 0.5) is 0 Å². The molecule has 2 heterocycles. The third kappa shape index (κ3) is 3.39. The largest absolute Gasteiger partial charge is 0.466 e. The van der Waals surface area contributed by atoms with Gasteiger partial charge in [-0.1, -0.05) is 0 Å². The minimum atomic E-state index is -0.329. The van der Waals surface area contributed by atoms with Crippen molar-refractivity contribution in [2.75, 3.05) is 19.8 Å². The second kappa shape index (κ2) is 5.66. The number of ether oxygens (including phenoxy) is 1. The van der Waals surface area contributed by atoms with E-state index in [1.807, 2.05) is 6.92 Å². The van der Waals surface area contributed by atoms with Gasteiger partial charge in [0.1, 0.15) is 11.5 Å². The van der Waals surface area contributed by atoms with Gasteiger partial charge in [0, 0.05) is 6.61 Å². The maximum absolute atomic E-state index is 11.9. The quantitative estimate of drug-likeness (QED) is 0.859. The predicted octanol–water partition coefficient (Wildman–Crippen LogP) is 0.921. The summed E-state index contributed by atoms with van der Waals surface area (Å²) in [5, 5.41) is 5.47. The molecule has 1 aliphatic heterocycles. The molecule has 1 saturated heterocycles. The van der Waals surface area contributed by atoms with E-state index in [0.717, 1.165) is 6.42 Å². The Hall–Kier alpha value is -1.82. The highest BCUT2D eigenvalue weighted by Gasteiger charge is 2.31. The first-order valence-corrected chi connectivity index (χ1v) is 6.64. The maximum Gasteiger partial charge on any atom is 0.255 e. The van der Waals surface area contributed by atoms with Gasteiger partial charge < -0.3 is 19.8 Å². The van der Waals surface area contributed by atoms with Crippen LogP contribution in [0.1, 0.15) is 35.2 Å². The Labute approximate surface area is 117 Å². The smallest absolute Gasteiger partial charge is 0.255 e. The van der Waals surface area contributed by atoms with E-state index in [4.69, 9.17) is 9.15 Å². The minimum Gasteiger partial charge on any atom is -0.466 e. The van der Waals surface area contributed by atoms with Crippen molar-refractivity contribution in [2.45, 2.75) is 32.7 Å². The Bertz CT molecular complexity index is 515. The van der Waals surface area contributed by atoms with E-state index in [-0.39, 0.29) is 23.9 Å². The average Bonchev–Trinajstić information content (AvgIpc) is 2.92. The molecule has 1 aliphatic rings. The topological polar surface area (TPSA) is 80.6 Å². The Morgan fingerprint density at radius 2 is 2.15 bits per heavy atom. The molecule has 20 heavy (non-hydrogen) atoms. The van der Waals surface area contributed by atoms with E-state index in [2.05, 4.69) is 10.6 Å². The second-order valence-corrected chi connectivity index (χ2v) is 5.42. The van der Waals surface area contributed by atoms with Crippen LogP contribution in [-0.4, -0.2) is 37.1 Å².